The van der Waals surface area contributed by atoms with Crippen LogP contribution in [-0.4, -0.2) is 28.4 Å². The molecular formula is C12H18N2O2. The molecule has 16 heavy (non-hydrogen) atoms. The molecule has 0 saturated carbocycles. The highest BCUT2D eigenvalue weighted by Crippen LogP contribution is 2.21. The standard InChI is InChI=1S/C12H18N2O2/c1-3-10-6-4-5-7-14(10)12(15)11-13-8-9(2)16-11/h8,10H,3-7H2,1-2H3. The lowest BCUT2D eigenvalue weighted by Gasteiger charge is -2.34. The van der Waals surface area contributed by atoms with Crippen LogP contribution in [0.3, 0.4) is 0 Å². The molecule has 1 aromatic heterocycles. The van der Waals surface area contributed by atoms with E-state index in [-0.39, 0.29) is 11.8 Å². The minimum atomic E-state index is -0.0559. The Hall–Kier alpha value is -1.32. The van der Waals surface area contributed by atoms with Gasteiger partial charge in [-0.05, 0) is 32.6 Å². The van der Waals surface area contributed by atoms with Crippen LogP contribution in [0, 0.1) is 6.92 Å². The second-order valence-electron chi connectivity index (χ2n) is 4.33. The first-order valence-corrected chi connectivity index (χ1v) is 5.95. The molecule has 2 heterocycles. The van der Waals surface area contributed by atoms with Crippen molar-refractivity contribution in [2.24, 2.45) is 0 Å². The van der Waals surface area contributed by atoms with Gasteiger partial charge in [0, 0.05) is 12.6 Å². The smallest absolute Gasteiger partial charge is 0.309 e. The van der Waals surface area contributed by atoms with Crippen LogP contribution in [0.1, 0.15) is 49.1 Å². The highest BCUT2D eigenvalue weighted by Gasteiger charge is 2.28. The molecule has 1 aromatic rings. The van der Waals surface area contributed by atoms with Crippen molar-refractivity contribution in [1.82, 2.24) is 9.88 Å². The number of oxazole rings is 1. The van der Waals surface area contributed by atoms with Crippen LogP contribution >= 0.6 is 0 Å². The summed E-state index contributed by atoms with van der Waals surface area (Å²) in [6.45, 7) is 4.76. The normalized spacial score (nSPS) is 21.1. The van der Waals surface area contributed by atoms with Crippen molar-refractivity contribution in [3.63, 3.8) is 0 Å². The number of nitrogens with zero attached hydrogens (tertiary/aromatic N) is 2. The number of carbonyl (C=O) groups excluding carboxylic acids is 1. The van der Waals surface area contributed by atoms with Gasteiger partial charge in [-0.1, -0.05) is 6.92 Å². The van der Waals surface area contributed by atoms with E-state index >= 15 is 0 Å². The monoisotopic (exact) mass is 222 g/mol. The maximum absolute atomic E-state index is 12.2. The van der Waals surface area contributed by atoms with E-state index in [1.807, 2.05) is 4.90 Å². The lowest BCUT2D eigenvalue weighted by molar-refractivity contribution is 0.0566. The molecule has 0 aliphatic carbocycles. The fraction of sp³-hybridized carbons (Fsp3) is 0.667. The predicted molar refractivity (Wildman–Crippen MR) is 60.2 cm³/mol. The Morgan fingerprint density at radius 3 is 3.06 bits per heavy atom. The molecule has 88 valence electrons. The minimum absolute atomic E-state index is 0.0559. The van der Waals surface area contributed by atoms with Gasteiger partial charge in [-0.3, -0.25) is 4.79 Å². The molecule has 1 atom stereocenters. The largest absolute Gasteiger partial charge is 0.438 e. The summed E-state index contributed by atoms with van der Waals surface area (Å²) < 4.78 is 5.29. The molecule has 4 nitrogen and oxygen atoms in total. The SMILES string of the molecule is CCC1CCCCN1C(=O)c1ncc(C)o1. The third-order valence-corrected chi connectivity index (χ3v) is 3.16. The number of carbonyl (C=O) groups is 1. The van der Waals surface area contributed by atoms with Gasteiger partial charge < -0.3 is 9.32 Å². The molecule has 0 aromatic carbocycles. The van der Waals surface area contributed by atoms with E-state index in [0.717, 1.165) is 25.8 Å². The lowest BCUT2D eigenvalue weighted by Crippen LogP contribution is -2.43. The summed E-state index contributed by atoms with van der Waals surface area (Å²) in [7, 11) is 0. The molecule has 0 N–H and O–H groups in total. The van der Waals surface area contributed by atoms with Gasteiger partial charge in [-0.15, -0.1) is 0 Å². The predicted octanol–water partition coefficient (Wildman–Crippen LogP) is 2.39. The van der Waals surface area contributed by atoms with Crippen LogP contribution in [0.5, 0.6) is 0 Å². The summed E-state index contributed by atoms with van der Waals surface area (Å²) in [4.78, 5) is 18.1. The Labute approximate surface area is 95.6 Å². The summed E-state index contributed by atoms with van der Waals surface area (Å²) in [5, 5.41) is 0. The van der Waals surface area contributed by atoms with E-state index in [1.165, 1.54) is 6.42 Å². The average molecular weight is 222 g/mol. The lowest BCUT2D eigenvalue weighted by atomic mass is 10.00. The minimum Gasteiger partial charge on any atom is -0.438 e. The van der Waals surface area contributed by atoms with E-state index < -0.39 is 0 Å². The fourth-order valence-electron chi connectivity index (χ4n) is 2.27. The number of hydrogen-bond acceptors (Lipinski definition) is 3. The molecule has 1 saturated heterocycles. The topological polar surface area (TPSA) is 46.3 Å². The van der Waals surface area contributed by atoms with Crippen LogP contribution in [0.15, 0.2) is 10.6 Å². The number of aromatic nitrogens is 1. The first-order chi connectivity index (χ1) is 7.72. The van der Waals surface area contributed by atoms with Gasteiger partial charge in [0.05, 0.1) is 6.20 Å². The summed E-state index contributed by atoms with van der Waals surface area (Å²) >= 11 is 0. The average Bonchev–Trinajstić information content (AvgIpc) is 2.75. The van der Waals surface area contributed by atoms with Crippen LogP contribution in [0.2, 0.25) is 0 Å². The Balaban J connectivity index is 2.13. The molecule has 0 radical (unpaired) electrons. The third kappa shape index (κ3) is 2.10. The molecule has 2 rings (SSSR count). The van der Waals surface area contributed by atoms with Crippen molar-refractivity contribution in [1.29, 1.82) is 0 Å². The van der Waals surface area contributed by atoms with E-state index in [9.17, 15) is 4.79 Å². The second kappa shape index (κ2) is 4.68. The van der Waals surface area contributed by atoms with Gasteiger partial charge in [-0.25, -0.2) is 4.98 Å². The third-order valence-electron chi connectivity index (χ3n) is 3.16. The summed E-state index contributed by atoms with van der Waals surface area (Å²) in [6.07, 6.45) is 6.00. The first-order valence-electron chi connectivity index (χ1n) is 5.95. The quantitative estimate of drug-likeness (QED) is 0.771. The fourth-order valence-corrected chi connectivity index (χ4v) is 2.27. The zero-order chi connectivity index (χ0) is 11.5. The van der Waals surface area contributed by atoms with Crippen LogP contribution in [0.25, 0.3) is 0 Å². The van der Waals surface area contributed by atoms with Crippen LogP contribution in [0.4, 0.5) is 0 Å². The second-order valence-corrected chi connectivity index (χ2v) is 4.33. The van der Waals surface area contributed by atoms with E-state index in [0.29, 0.717) is 11.8 Å². The van der Waals surface area contributed by atoms with E-state index in [1.54, 1.807) is 13.1 Å². The highest BCUT2D eigenvalue weighted by atomic mass is 16.4. The number of piperidine rings is 1. The maximum Gasteiger partial charge on any atom is 0.309 e. The molecular weight excluding hydrogens is 204 g/mol. The van der Waals surface area contributed by atoms with Gasteiger partial charge in [0.15, 0.2) is 0 Å². The Morgan fingerprint density at radius 1 is 1.62 bits per heavy atom. The number of likely N-dealkylation sites (tertiary alicyclic amines) is 1. The molecule has 0 spiro atoms. The van der Waals surface area contributed by atoms with Gasteiger partial charge >= 0.3 is 5.91 Å². The number of amides is 1. The molecule has 0 bridgehead atoms. The summed E-state index contributed by atoms with van der Waals surface area (Å²) in [5.41, 5.74) is 0. The molecule has 4 heteroatoms. The van der Waals surface area contributed by atoms with Crippen molar-refractivity contribution in [3.05, 3.63) is 17.8 Å². The molecule has 1 unspecified atom stereocenters. The van der Waals surface area contributed by atoms with Crippen molar-refractivity contribution in [3.8, 4) is 0 Å². The van der Waals surface area contributed by atoms with E-state index in [2.05, 4.69) is 11.9 Å². The van der Waals surface area contributed by atoms with Crippen LogP contribution in [-0.2, 0) is 0 Å². The number of aryl methyl sites for hydroxylation is 1. The van der Waals surface area contributed by atoms with Gasteiger partial charge in [0.25, 0.3) is 5.89 Å². The molecule has 1 amide bonds. The van der Waals surface area contributed by atoms with Crippen molar-refractivity contribution in [2.75, 3.05) is 6.54 Å². The van der Waals surface area contributed by atoms with Gasteiger partial charge in [-0.2, -0.15) is 0 Å². The summed E-state index contributed by atoms with van der Waals surface area (Å²) in [5.74, 6) is 0.867. The first kappa shape index (κ1) is 11.2. The summed E-state index contributed by atoms with van der Waals surface area (Å²) in [6, 6.07) is 0.355. The number of rotatable bonds is 2. The van der Waals surface area contributed by atoms with Crippen molar-refractivity contribution in [2.45, 2.75) is 45.6 Å². The van der Waals surface area contributed by atoms with Gasteiger partial charge in [0.2, 0.25) is 0 Å². The Kier molecular flexibility index (Phi) is 3.27. The zero-order valence-electron chi connectivity index (χ0n) is 9.90. The zero-order valence-corrected chi connectivity index (χ0v) is 9.90. The molecule has 1 aliphatic rings. The molecule has 1 aliphatic heterocycles. The maximum atomic E-state index is 12.2. The molecule has 1 fully saturated rings. The van der Waals surface area contributed by atoms with Gasteiger partial charge in [0.1, 0.15) is 5.76 Å². The van der Waals surface area contributed by atoms with E-state index in [4.69, 9.17) is 4.42 Å². The highest BCUT2D eigenvalue weighted by molar-refractivity contribution is 5.89. The van der Waals surface area contributed by atoms with Crippen molar-refractivity contribution >= 4 is 5.91 Å². The number of hydrogen-bond donors (Lipinski definition) is 0. The van der Waals surface area contributed by atoms with Crippen molar-refractivity contribution < 1.29 is 9.21 Å². The Morgan fingerprint density at radius 2 is 2.44 bits per heavy atom. The van der Waals surface area contributed by atoms with Crippen LogP contribution < -0.4 is 0 Å². The Bertz CT molecular complexity index is 373.